The van der Waals surface area contributed by atoms with Crippen LogP contribution in [0.25, 0.3) is 0 Å². The monoisotopic (exact) mass is 271 g/mol. The fraction of sp³-hybridized carbons (Fsp3) is 0.0769. The first-order valence-electron chi connectivity index (χ1n) is 5.79. The molecular weight excluding hydrogens is 262 g/mol. The molecule has 2 aromatic rings. The van der Waals surface area contributed by atoms with Crippen LogP contribution in [0, 0.1) is 6.92 Å². The van der Waals surface area contributed by atoms with E-state index in [1.165, 1.54) is 18.3 Å². The number of imide groups is 1. The summed E-state index contributed by atoms with van der Waals surface area (Å²) in [5.41, 5.74) is 1.08. The van der Waals surface area contributed by atoms with Crippen molar-refractivity contribution in [2.75, 3.05) is 0 Å². The highest BCUT2D eigenvalue weighted by molar-refractivity contribution is 6.21. The van der Waals surface area contributed by atoms with Crippen molar-refractivity contribution in [1.29, 1.82) is 0 Å². The van der Waals surface area contributed by atoms with Crippen molar-refractivity contribution in [3.05, 3.63) is 53.1 Å². The summed E-state index contributed by atoms with van der Waals surface area (Å²) in [6.45, 7) is 1.71. The molecule has 2 heterocycles. The summed E-state index contributed by atoms with van der Waals surface area (Å²) < 4.78 is 0. The molecule has 1 aromatic heterocycles. The summed E-state index contributed by atoms with van der Waals surface area (Å²) in [4.78, 5) is 47.0. The Morgan fingerprint density at radius 2 is 1.80 bits per heavy atom. The van der Waals surface area contributed by atoms with Gasteiger partial charge in [-0.2, -0.15) is 0 Å². The van der Waals surface area contributed by atoms with Gasteiger partial charge in [0.25, 0.3) is 11.8 Å². The average molecular weight is 271 g/mol. The van der Waals surface area contributed by atoms with E-state index < -0.39 is 17.8 Å². The predicted molar refractivity (Wildman–Crippen MR) is 65.7 cm³/mol. The number of aryl methyl sites for hydroxylation is 1. The number of H-pyrrole nitrogens is 1. The highest BCUT2D eigenvalue weighted by atomic mass is 16.7. The van der Waals surface area contributed by atoms with Crippen molar-refractivity contribution in [2.45, 2.75) is 6.92 Å². The van der Waals surface area contributed by atoms with Crippen molar-refractivity contribution >= 4 is 17.8 Å². The molecule has 0 atom stereocenters. The molecule has 0 radical (unpaired) electrons. The summed E-state index contributed by atoms with van der Waals surface area (Å²) in [7, 11) is 0. The number of hydrogen-bond donors (Lipinski definition) is 1. The van der Waals surface area contributed by atoms with Crippen molar-refractivity contribution in [3.63, 3.8) is 0 Å². The summed E-state index contributed by atoms with van der Waals surface area (Å²) >= 11 is 0. The van der Waals surface area contributed by atoms with E-state index in [1.807, 2.05) is 0 Å². The van der Waals surface area contributed by atoms with E-state index in [4.69, 9.17) is 4.84 Å². The molecule has 0 unspecified atom stereocenters. The van der Waals surface area contributed by atoms with Gasteiger partial charge < -0.3 is 9.82 Å². The number of hydroxylamine groups is 2. The number of amides is 2. The van der Waals surface area contributed by atoms with Gasteiger partial charge in [-0.25, -0.2) is 9.78 Å². The Labute approximate surface area is 113 Å². The van der Waals surface area contributed by atoms with Gasteiger partial charge in [-0.05, 0) is 19.1 Å². The second-order valence-corrected chi connectivity index (χ2v) is 4.24. The molecular formula is C13H9N3O4. The second kappa shape index (κ2) is 4.30. The summed E-state index contributed by atoms with van der Waals surface area (Å²) in [6.07, 6.45) is 1.44. The third-order valence-corrected chi connectivity index (χ3v) is 2.83. The van der Waals surface area contributed by atoms with Gasteiger partial charge in [0.2, 0.25) is 5.82 Å². The molecule has 20 heavy (non-hydrogen) atoms. The molecule has 1 aliphatic rings. The van der Waals surface area contributed by atoms with E-state index >= 15 is 0 Å². The first-order valence-corrected chi connectivity index (χ1v) is 5.79. The van der Waals surface area contributed by atoms with Gasteiger partial charge >= 0.3 is 5.97 Å². The molecule has 0 bridgehead atoms. The van der Waals surface area contributed by atoms with Crippen LogP contribution < -0.4 is 0 Å². The highest BCUT2D eigenvalue weighted by Gasteiger charge is 2.39. The maximum absolute atomic E-state index is 12.0. The maximum Gasteiger partial charge on any atom is 0.399 e. The van der Waals surface area contributed by atoms with Crippen LogP contribution in [0.3, 0.4) is 0 Å². The van der Waals surface area contributed by atoms with Crippen LogP contribution in [0.4, 0.5) is 0 Å². The van der Waals surface area contributed by atoms with Crippen LogP contribution in [0.5, 0.6) is 0 Å². The normalized spacial score (nSPS) is 13.6. The minimum absolute atomic E-state index is 0.0703. The van der Waals surface area contributed by atoms with Crippen LogP contribution in [-0.2, 0) is 4.84 Å². The quantitative estimate of drug-likeness (QED) is 0.825. The molecule has 0 spiro atoms. The predicted octanol–water partition coefficient (Wildman–Crippen LogP) is 1.09. The third-order valence-electron chi connectivity index (χ3n) is 2.83. The summed E-state index contributed by atoms with van der Waals surface area (Å²) in [5, 5.41) is 0.449. The van der Waals surface area contributed by atoms with Gasteiger partial charge in [-0.1, -0.05) is 17.2 Å². The highest BCUT2D eigenvalue weighted by Crippen LogP contribution is 2.22. The summed E-state index contributed by atoms with van der Waals surface area (Å²) in [6, 6.07) is 6.26. The number of aromatic nitrogens is 2. The molecule has 0 aliphatic carbocycles. The molecule has 100 valence electrons. The molecule has 1 aromatic carbocycles. The minimum Gasteiger partial charge on any atom is -0.336 e. The lowest BCUT2D eigenvalue weighted by Crippen LogP contribution is -2.33. The van der Waals surface area contributed by atoms with E-state index in [1.54, 1.807) is 19.1 Å². The van der Waals surface area contributed by atoms with Gasteiger partial charge in [0, 0.05) is 11.9 Å². The molecule has 7 heteroatoms. The SMILES string of the molecule is Cc1cnc(C(=O)ON2C(=O)c3ccccc3C2=O)[nH]1. The Morgan fingerprint density at radius 3 is 2.30 bits per heavy atom. The number of benzene rings is 1. The largest absolute Gasteiger partial charge is 0.399 e. The lowest BCUT2D eigenvalue weighted by molar-refractivity contribution is -0.0592. The molecule has 0 saturated heterocycles. The maximum atomic E-state index is 12.0. The topological polar surface area (TPSA) is 92.4 Å². The number of rotatable bonds is 2. The van der Waals surface area contributed by atoms with Crippen LogP contribution >= 0.6 is 0 Å². The van der Waals surface area contributed by atoms with Gasteiger partial charge in [0.1, 0.15) is 0 Å². The smallest absolute Gasteiger partial charge is 0.336 e. The lowest BCUT2D eigenvalue weighted by atomic mass is 10.1. The lowest BCUT2D eigenvalue weighted by Gasteiger charge is -2.11. The zero-order chi connectivity index (χ0) is 14.3. The van der Waals surface area contributed by atoms with Crippen LogP contribution in [0.2, 0.25) is 0 Å². The fourth-order valence-electron chi connectivity index (χ4n) is 1.89. The van der Waals surface area contributed by atoms with Crippen molar-refractivity contribution in [1.82, 2.24) is 15.0 Å². The average Bonchev–Trinajstić information content (AvgIpc) is 2.98. The number of carbonyl (C=O) groups is 3. The number of fused-ring (bicyclic) bond motifs is 1. The number of aromatic amines is 1. The number of nitrogens with one attached hydrogen (secondary N) is 1. The van der Waals surface area contributed by atoms with E-state index in [-0.39, 0.29) is 17.0 Å². The molecule has 0 fully saturated rings. The Hall–Kier alpha value is -2.96. The zero-order valence-corrected chi connectivity index (χ0v) is 10.4. The van der Waals surface area contributed by atoms with Gasteiger partial charge in [0.15, 0.2) is 0 Å². The van der Waals surface area contributed by atoms with Gasteiger partial charge in [0.05, 0.1) is 11.1 Å². The van der Waals surface area contributed by atoms with Crippen LogP contribution in [-0.4, -0.2) is 32.8 Å². The third kappa shape index (κ3) is 1.76. The second-order valence-electron chi connectivity index (χ2n) is 4.24. The number of nitrogens with zero attached hydrogens (tertiary/aromatic N) is 2. The zero-order valence-electron chi connectivity index (χ0n) is 10.4. The molecule has 7 nitrogen and oxygen atoms in total. The molecule has 1 aliphatic heterocycles. The van der Waals surface area contributed by atoms with Gasteiger partial charge in [-0.15, -0.1) is 0 Å². The number of imidazole rings is 1. The molecule has 0 saturated carbocycles. The first kappa shape index (κ1) is 12.1. The van der Waals surface area contributed by atoms with Crippen molar-refractivity contribution < 1.29 is 19.2 Å². The fourth-order valence-corrected chi connectivity index (χ4v) is 1.89. The van der Waals surface area contributed by atoms with E-state index in [0.717, 1.165) is 0 Å². The first-order chi connectivity index (χ1) is 9.58. The number of carbonyl (C=O) groups excluding carboxylic acids is 3. The molecule has 2 amide bonds. The minimum atomic E-state index is -0.896. The van der Waals surface area contributed by atoms with Crippen LogP contribution in [0.15, 0.2) is 30.5 Å². The Morgan fingerprint density at radius 1 is 1.20 bits per heavy atom. The van der Waals surface area contributed by atoms with E-state index in [0.29, 0.717) is 10.8 Å². The van der Waals surface area contributed by atoms with Gasteiger partial charge in [-0.3, -0.25) is 9.59 Å². The van der Waals surface area contributed by atoms with Crippen molar-refractivity contribution in [3.8, 4) is 0 Å². The van der Waals surface area contributed by atoms with E-state index in [2.05, 4.69) is 9.97 Å². The van der Waals surface area contributed by atoms with Crippen LogP contribution in [0.1, 0.15) is 37.0 Å². The Bertz CT molecular complexity index is 700. The molecule has 3 rings (SSSR count). The van der Waals surface area contributed by atoms with Crippen molar-refractivity contribution in [2.24, 2.45) is 0 Å². The summed E-state index contributed by atoms with van der Waals surface area (Å²) in [5.74, 6) is -2.30. The Kier molecular flexibility index (Phi) is 2.60. The molecule has 1 N–H and O–H groups in total. The van der Waals surface area contributed by atoms with E-state index in [9.17, 15) is 14.4 Å². The Balaban J connectivity index is 1.85. The standard InChI is InChI=1S/C13H9N3O4/c1-7-6-14-10(15-7)13(19)20-16-11(17)8-4-2-3-5-9(8)12(16)18/h2-6H,1H3,(H,14,15). The number of hydrogen-bond acceptors (Lipinski definition) is 5.